The molecule has 0 bridgehead atoms. The van der Waals surface area contributed by atoms with E-state index in [0.29, 0.717) is 0 Å². The van der Waals surface area contributed by atoms with Crippen LogP contribution in [-0.4, -0.2) is 34.1 Å². The zero-order valence-corrected chi connectivity index (χ0v) is 18.4. The predicted octanol–water partition coefficient (Wildman–Crippen LogP) is 5.95. The molecule has 1 heterocycles. The Kier molecular flexibility index (Phi) is 13.1. The van der Waals surface area contributed by atoms with Gasteiger partial charge in [0.1, 0.15) is 12.4 Å². The molecular weight excluding hydrogens is 350 g/mol. The lowest BCUT2D eigenvalue weighted by Gasteiger charge is -2.34. The number of rotatable bonds is 18. The van der Waals surface area contributed by atoms with E-state index in [1.165, 1.54) is 83.5 Å². The van der Waals surface area contributed by atoms with E-state index >= 15 is 0 Å². The van der Waals surface area contributed by atoms with Gasteiger partial charge in [-0.1, -0.05) is 90.4 Å². The first-order chi connectivity index (χ1) is 13.5. The number of aliphatic carboxylic acids is 1. The number of nitrogens with two attached hydrogens (primary N) is 1. The molecule has 5 nitrogen and oxygen atoms in total. The van der Waals surface area contributed by atoms with Crippen LogP contribution in [0.4, 0.5) is 0 Å². The second kappa shape index (κ2) is 14.7. The first-order valence-electron chi connectivity index (χ1n) is 11.6. The lowest BCUT2D eigenvalue weighted by Crippen LogP contribution is -2.59. The summed E-state index contributed by atoms with van der Waals surface area (Å²) in [4.78, 5) is 15.7. The molecule has 1 aliphatic heterocycles. The van der Waals surface area contributed by atoms with E-state index in [1.54, 1.807) is 6.20 Å². The second-order valence-electron chi connectivity index (χ2n) is 8.41. The zero-order chi connectivity index (χ0) is 20.7. The van der Waals surface area contributed by atoms with Crippen molar-refractivity contribution in [3.05, 3.63) is 12.4 Å². The summed E-state index contributed by atoms with van der Waals surface area (Å²) in [6.07, 6.45) is 22.8. The first kappa shape index (κ1) is 24.8. The van der Waals surface area contributed by atoms with Gasteiger partial charge >= 0.3 is 5.97 Å². The van der Waals surface area contributed by atoms with Gasteiger partial charge in [-0.2, -0.15) is 0 Å². The minimum Gasteiger partial charge on any atom is -0.477 e. The third-order valence-electron chi connectivity index (χ3n) is 5.91. The minimum absolute atomic E-state index is 0.0222. The summed E-state index contributed by atoms with van der Waals surface area (Å²) >= 11 is 0. The van der Waals surface area contributed by atoms with E-state index in [9.17, 15) is 9.90 Å². The maximum absolute atomic E-state index is 11.3. The average molecular weight is 395 g/mol. The fourth-order valence-corrected chi connectivity index (χ4v) is 4.06. The highest BCUT2D eigenvalue weighted by Gasteiger charge is 2.40. The van der Waals surface area contributed by atoms with Crippen molar-refractivity contribution in [2.75, 3.05) is 6.54 Å². The summed E-state index contributed by atoms with van der Waals surface area (Å²) in [7, 11) is 0. The number of quaternary nitrogens is 1. The quantitative estimate of drug-likeness (QED) is 0.223. The first-order valence-corrected chi connectivity index (χ1v) is 11.6. The molecule has 2 unspecified atom stereocenters. The van der Waals surface area contributed by atoms with E-state index in [1.807, 2.05) is 13.1 Å². The van der Waals surface area contributed by atoms with Crippen molar-refractivity contribution in [1.29, 1.82) is 0 Å². The maximum Gasteiger partial charge on any atom is 0.360 e. The molecule has 0 aromatic carbocycles. The van der Waals surface area contributed by atoms with Crippen molar-refractivity contribution in [2.24, 2.45) is 10.7 Å². The van der Waals surface area contributed by atoms with Crippen molar-refractivity contribution in [1.82, 2.24) is 0 Å². The Morgan fingerprint density at radius 2 is 1.43 bits per heavy atom. The van der Waals surface area contributed by atoms with Gasteiger partial charge in [-0.15, -0.1) is 0 Å². The van der Waals surface area contributed by atoms with Gasteiger partial charge in [-0.25, -0.2) is 14.3 Å². The van der Waals surface area contributed by atoms with Crippen LogP contribution in [0.25, 0.3) is 0 Å². The van der Waals surface area contributed by atoms with Gasteiger partial charge in [-0.05, 0) is 6.42 Å². The van der Waals surface area contributed by atoms with Gasteiger partial charge in [-0.3, -0.25) is 5.73 Å². The summed E-state index contributed by atoms with van der Waals surface area (Å²) in [5.74, 6) is 0.0637. The van der Waals surface area contributed by atoms with Crippen LogP contribution in [0.1, 0.15) is 110 Å². The van der Waals surface area contributed by atoms with Crippen LogP contribution in [0.15, 0.2) is 17.4 Å². The average Bonchev–Trinajstić information content (AvgIpc) is 3.05. The van der Waals surface area contributed by atoms with Gasteiger partial charge in [0.15, 0.2) is 6.54 Å². The van der Waals surface area contributed by atoms with Crippen LogP contribution in [0.3, 0.4) is 0 Å². The normalized spacial score (nSPS) is 19.8. The molecule has 1 aliphatic rings. The van der Waals surface area contributed by atoms with Gasteiger partial charge in [0.25, 0.3) is 0 Å². The predicted molar refractivity (Wildman–Crippen MR) is 118 cm³/mol. The number of hydrogen-bond acceptors (Lipinski definition) is 3. The number of unbranched alkanes of at least 4 members (excludes halogenated alkanes) is 13. The van der Waals surface area contributed by atoms with Crippen molar-refractivity contribution in [3.63, 3.8) is 0 Å². The van der Waals surface area contributed by atoms with Crippen LogP contribution in [0.2, 0.25) is 0 Å². The Balaban J connectivity index is 2.03. The van der Waals surface area contributed by atoms with Crippen LogP contribution in [0.5, 0.6) is 0 Å². The lowest BCUT2D eigenvalue weighted by molar-refractivity contribution is -0.805. The van der Waals surface area contributed by atoms with Crippen LogP contribution >= 0.6 is 0 Å². The number of carboxylic acids is 1. The van der Waals surface area contributed by atoms with Gasteiger partial charge < -0.3 is 5.11 Å². The summed E-state index contributed by atoms with van der Waals surface area (Å²) in [5, 5.41) is 9.24. The fraction of sp³-hybridized carbons (Fsp3) is 0.826. The van der Waals surface area contributed by atoms with Gasteiger partial charge in [0.2, 0.25) is 5.84 Å². The highest BCUT2D eigenvalue weighted by atomic mass is 16.4. The Hall–Kier alpha value is -1.20. The number of hydrogen-bond donors (Lipinski definition) is 2. The molecule has 0 aromatic rings. The molecule has 0 amide bonds. The van der Waals surface area contributed by atoms with E-state index < -0.39 is 5.97 Å². The molecule has 3 N–H and O–H groups in total. The number of carbonyl (C=O) groups is 1. The van der Waals surface area contributed by atoms with Crippen molar-refractivity contribution < 1.29 is 14.4 Å². The summed E-state index contributed by atoms with van der Waals surface area (Å²) < 4.78 is 0.174. The van der Waals surface area contributed by atoms with Crippen molar-refractivity contribution in [3.8, 4) is 0 Å². The third kappa shape index (κ3) is 9.33. The Labute approximate surface area is 172 Å². The van der Waals surface area contributed by atoms with E-state index in [-0.39, 0.29) is 17.2 Å². The molecular formula is C23H44N3O2+. The molecule has 0 radical (unpaired) electrons. The molecule has 0 aromatic heterocycles. The second-order valence-corrected chi connectivity index (χ2v) is 8.41. The smallest absolute Gasteiger partial charge is 0.360 e. The molecule has 0 fully saturated rings. The van der Waals surface area contributed by atoms with Gasteiger partial charge in [0.05, 0.1) is 6.20 Å². The van der Waals surface area contributed by atoms with Crippen molar-refractivity contribution in [2.45, 2.75) is 116 Å². The lowest BCUT2D eigenvalue weighted by atomic mass is 10.0. The SMILES string of the molecule is CCCCCCCCCCCCCCCCC1=NC=C[N+]1(CC(=O)O)C(C)N. The standard InChI is InChI=1S/C23H43N3O2/c1-3-4-5-6-7-8-9-10-11-12-13-14-15-16-17-22-25-18-19-26(22,21(2)24)20-23(27)28/h18-19,21H,3-17,20,24H2,1-2H3/p+1. The van der Waals surface area contributed by atoms with E-state index in [2.05, 4.69) is 11.9 Å². The monoisotopic (exact) mass is 394 g/mol. The van der Waals surface area contributed by atoms with Crippen LogP contribution in [-0.2, 0) is 4.79 Å². The number of carboxylic acid groups (broad SMARTS) is 1. The molecule has 1 rings (SSSR count). The molecule has 28 heavy (non-hydrogen) atoms. The van der Waals surface area contributed by atoms with Crippen molar-refractivity contribution >= 4 is 11.8 Å². The summed E-state index contributed by atoms with van der Waals surface area (Å²) in [6, 6.07) is 0. The topological polar surface area (TPSA) is 75.7 Å². The zero-order valence-electron chi connectivity index (χ0n) is 18.4. The summed E-state index contributed by atoms with van der Waals surface area (Å²) in [5.41, 5.74) is 6.10. The highest BCUT2D eigenvalue weighted by molar-refractivity contribution is 5.81. The molecule has 0 saturated heterocycles. The molecule has 2 atom stereocenters. The Morgan fingerprint density at radius 3 is 1.86 bits per heavy atom. The molecule has 0 spiro atoms. The number of nitrogens with zero attached hydrogens (tertiary/aromatic N) is 2. The number of aliphatic imine (C=N–C) groups is 1. The molecule has 162 valence electrons. The minimum atomic E-state index is -0.836. The molecule has 0 aliphatic carbocycles. The maximum atomic E-state index is 11.3. The Bertz CT molecular complexity index is 488. The third-order valence-corrected chi connectivity index (χ3v) is 5.91. The summed E-state index contributed by atoms with van der Waals surface area (Å²) in [6.45, 7) is 4.11. The Morgan fingerprint density at radius 1 is 0.964 bits per heavy atom. The fourth-order valence-electron chi connectivity index (χ4n) is 4.06. The van der Waals surface area contributed by atoms with Crippen LogP contribution < -0.4 is 5.73 Å². The largest absolute Gasteiger partial charge is 0.477 e. The van der Waals surface area contributed by atoms with Crippen LogP contribution in [0, 0.1) is 0 Å². The highest BCUT2D eigenvalue weighted by Crippen LogP contribution is 2.23. The number of amidine groups is 1. The van der Waals surface area contributed by atoms with E-state index in [0.717, 1.165) is 18.7 Å². The van der Waals surface area contributed by atoms with Gasteiger partial charge in [0, 0.05) is 13.3 Å². The molecule has 5 heteroatoms. The molecule has 0 saturated carbocycles. The van der Waals surface area contributed by atoms with E-state index in [4.69, 9.17) is 5.73 Å².